The first-order valence-electron chi connectivity index (χ1n) is 9.94. The first kappa shape index (κ1) is 15.9. The molecule has 2 N–H and O–H groups in total. The number of nitrogens with one attached hydrogen (secondary N) is 2. The molecule has 0 amide bonds. The molecule has 0 radical (unpaired) electrons. The third-order valence-corrected chi connectivity index (χ3v) is 6.09. The summed E-state index contributed by atoms with van der Waals surface area (Å²) in [5.41, 5.74) is 11.7. The lowest BCUT2D eigenvalue weighted by molar-refractivity contribution is 0.542. The van der Waals surface area contributed by atoms with Crippen molar-refractivity contribution in [2.45, 2.75) is 38.5 Å². The summed E-state index contributed by atoms with van der Waals surface area (Å²) in [4.78, 5) is 17.0. The highest BCUT2D eigenvalue weighted by Crippen LogP contribution is 2.36. The van der Waals surface area contributed by atoms with Crippen molar-refractivity contribution in [3.05, 3.63) is 70.3 Å². The van der Waals surface area contributed by atoms with Gasteiger partial charge >= 0.3 is 0 Å². The predicted octanol–water partition coefficient (Wildman–Crippen LogP) is 5.10. The Kier molecular flexibility index (Phi) is 3.09. The normalized spacial score (nSPS) is 16.6. The van der Waals surface area contributed by atoms with Crippen molar-refractivity contribution in [1.29, 1.82) is 0 Å². The Morgan fingerprint density at radius 1 is 0.821 bits per heavy atom. The summed E-state index contributed by atoms with van der Waals surface area (Å²) in [6.07, 6.45) is 7.28. The van der Waals surface area contributed by atoms with Crippen LogP contribution < -0.4 is 0 Å². The number of aromatic nitrogens is 4. The molecule has 0 aromatic carbocycles. The van der Waals surface area contributed by atoms with Crippen LogP contribution in [0.5, 0.6) is 0 Å². The highest BCUT2D eigenvalue weighted by Gasteiger charge is 2.31. The van der Waals surface area contributed by atoms with E-state index in [4.69, 9.17) is 9.97 Å². The van der Waals surface area contributed by atoms with Crippen LogP contribution >= 0.6 is 0 Å². The summed E-state index contributed by atoms with van der Waals surface area (Å²) in [5.74, 6) is 0. The quantitative estimate of drug-likeness (QED) is 0.455. The topological polar surface area (TPSA) is 57.4 Å². The molecular weight excluding hydrogens is 344 g/mol. The smallest absolute Gasteiger partial charge is 0.0658 e. The summed E-state index contributed by atoms with van der Waals surface area (Å²) >= 11 is 0. The number of fused-ring (bicyclic) bond motifs is 8. The molecule has 0 fully saturated rings. The van der Waals surface area contributed by atoms with Crippen molar-refractivity contribution in [3.63, 3.8) is 0 Å². The van der Waals surface area contributed by atoms with Gasteiger partial charge in [-0.15, -0.1) is 0 Å². The maximum atomic E-state index is 5.10. The van der Waals surface area contributed by atoms with Gasteiger partial charge in [0.25, 0.3) is 0 Å². The number of nitrogens with zero attached hydrogens (tertiary/aromatic N) is 2. The lowest BCUT2D eigenvalue weighted by atomic mass is 9.86. The van der Waals surface area contributed by atoms with Crippen LogP contribution in [0.3, 0.4) is 0 Å². The standard InChI is InChI=1S/C24H22N4/c1-24(2)13-21-20-8-3-14-9-19(27-23(14)20)11-17-5-4-15(25-17)10-16-6-7-18(26-16)12-22(24)28-21/h4-7,9-12,26-27H,3,8,13H2,1-2H3. The third-order valence-electron chi connectivity index (χ3n) is 6.09. The van der Waals surface area contributed by atoms with E-state index in [-0.39, 0.29) is 5.41 Å². The van der Waals surface area contributed by atoms with Crippen LogP contribution in [0.25, 0.3) is 34.2 Å². The lowest BCUT2D eigenvalue weighted by Gasteiger charge is -2.16. The molecule has 0 saturated carbocycles. The molecule has 8 bridgehead atoms. The second-order valence-corrected chi connectivity index (χ2v) is 8.70. The number of rotatable bonds is 0. The molecular formula is C24H22N4. The molecule has 4 heteroatoms. The van der Waals surface area contributed by atoms with Crippen LogP contribution in [0, 0.1) is 0 Å². The van der Waals surface area contributed by atoms with Gasteiger partial charge in [-0.1, -0.05) is 13.8 Å². The molecule has 1 aliphatic carbocycles. The Hall–Kier alpha value is -3.14. The molecule has 4 nitrogen and oxygen atoms in total. The summed E-state index contributed by atoms with van der Waals surface area (Å²) < 4.78 is 0. The van der Waals surface area contributed by atoms with Gasteiger partial charge in [-0.05, 0) is 72.5 Å². The van der Waals surface area contributed by atoms with Crippen molar-refractivity contribution in [3.8, 4) is 0 Å². The lowest BCUT2D eigenvalue weighted by Crippen LogP contribution is -2.15. The van der Waals surface area contributed by atoms with Crippen LogP contribution in [0.2, 0.25) is 0 Å². The Labute approximate surface area is 163 Å². The average molecular weight is 366 g/mol. The van der Waals surface area contributed by atoms with E-state index >= 15 is 0 Å². The Balaban J connectivity index is 1.74. The molecule has 0 atom stereocenters. The van der Waals surface area contributed by atoms with Crippen LogP contribution in [-0.2, 0) is 24.7 Å². The van der Waals surface area contributed by atoms with Crippen molar-refractivity contribution < 1.29 is 0 Å². The largest absolute Gasteiger partial charge is 0.355 e. The first-order valence-corrected chi connectivity index (χ1v) is 9.94. The molecule has 6 rings (SSSR count). The van der Waals surface area contributed by atoms with Crippen LogP contribution in [0.1, 0.15) is 47.8 Å². The second kappa shape index (κ2) is 5.44. The van der Waals surface area contributed by atoms with Gasteiger partial charge in [0.15, 0.2) is 0 Å². The molecule has 5 heterocycles. The van der Waals surface area contributed by atoms with E-state index in [0.717, 1.165) is 52.9 Å². The Morgan fingerprint density at radius 2 is 1.57 bits per heavy atom. The van der Waals surface area contributed by atoms with Crippen LogP contribution in [0.4, 0.5) is 0 Å². The fourth-order valence-electron chi connectivity index (χ4n) is 4.60. The second-order valence-electron chi connectivity index (χ2n) is 8.70. The van der Waals surface area contributed by atoms with Crippen LogP contribution in [0.15, 0.2) is 36.4 Å². The minimum atomic E-state index is 0.0390. The van der Waals surface area contributed by atoms with E-state index in [2.05, 4.69) is 72.4 Å². The molecule has 2 aliphatic heterocycles. The van der Waals surface area contributed by atoms with Gasteiger partial charge in [-0.2, -0.15) is 0 Å². The van der Waals surface area contributed by atoms with Crippen molar-refractivity contribution in [2.75, 3.05) is 0 Å². The fourth-order valence-corrected chi connectivity index (χ4v) is 4.60. The zero-order valence-electron chi connectivity index (χ0n) is 16.1. The van der Waals surface area contributed by atoms with Crippen LogP contribution in [-0.4, -0.2) is 19.9 Å². The minimum absolute atomic E-state index is 0.0390. The van der Waals surface area contributed by atoms with Crippen molar-refractivity contribution in [1.82, 2.24) is 19.9 Å². The van der Waals surface area contributed by atoms with E-state index in [9.17, 15) is 0 Å². The molecule has 0 spiro atoms. The molecule has 3 aromatic rings. The fraction of sp³-hybridized carbons (Fsp3) is 0.250. The number of aromatic amines is 2. The van der Waals surface area contributed by atoms with Gasteiger partial charge in [0.05, 0.1) is 11.4 Å². The SMILES string of the molecule is CC1(C)Cc2nc1cc1ccc(cc3nc(cc4cc5c([nH]4)c2CC5)C=C3)[nH]1. The summed E-state index contributed by atoms with van der Waals surface area (Å²) in [6, 6.07) is 12.9. The zero-order valence-corrected chi connectivity index (χ0v) is 16.1. The summed E-state index contributed by atoms with van der Waals surface area (Å²) in [6.45, 7) is 4.58. The zero-order chi connectivity index (χ0) is 18.9. The monoisotopic (exact) mass is 366 g/mol. The molecule has 138 valence electrons. The van der Waals surface area contributed by atoms with E-state index in [1.807, 2.05) is 0 Å². The maximum absolute atomic E-state index is 5.10. The van der Waals surface area contributed by atoms with Gasteiger partial charge in [0, 0.05) is 45.3 Å². The van der Waals surface area contributed by atoms with Gasteiger partial charge in [-0.25, -0.2) is 4.98 Å². The van der Waals surface area contributed by atoms with Crippen molar-refractivity contribution >= 4 is 34.2 Å². The molecule has 28 heavy (non-hydrogen) atoms. The average Bonchev–Trinajstić information content (AvgIpc) is 3.40. The highest BCUT2D eigenvalue weighted by molar-refractivity contribution is 5.77. The number of H-pyrrole nitrogens is 2. The maximum Gasteiger partial charge on any atom is 0.0658 e. The third kappa shape index (κ3) is 2.44. The molecule has 3 aromatic heterocycles. The van der Waals surface area contributed by atoms with Crippen molar-refractivity contribution in [2.24, 2.45) is 0 Å². The number of hydrogen-bond acceptors (Lipinski definition) is 2. The van der Waals surface area contributed by atoms with E-state index in [1.54, 1.807) is 0 Å². The van der Waals surface area contributed by atoms with E-state index < -0.39 is 0 Å². The van der Waals surface area contributed by atoms with Gasteiger partial charge in [-0.3, -0.25) is 4.98 Å². The minimum Gasteiger partial charge on any atom is -0.355 e. The summed E-state index contributed by atoms with van der Waals surface area (Å²) in [5, 5.41) is 0. The van der Waals surface area contributed by atoms with Gasteiger partial charge in [0.2, 0.25) is 0 Å². The summed E-state index contributed by atoms with van der Waals surface area (Å²) in [7, 11) is 0. The Bertz CT molecular complexity index is 1320. The van der Waals surface area contributed by atoms with E-state index in [1.165, 1.54) is 22.3 Å². The Morgan fingerprint density at radius 3 is 2.39 bits per heavy atom. The molecule has 0 unspecified atom stereocenters. The number of hydrogen-bond donors (Lipinski definition) is 2. The van der Waals surface area contributed by atoms with E-state index in [0.29, 0.717) is 0 Å². The highest BCUT2D eigenvalue weighted by atomic mass is 14.8. The first-order chi connectivity index (χ1) is 13.5. The molecule has 0 saturated heterocycles. The van der Waals surface area contributed by atoms with Gasteiger partial charge < -0.3 is 9.97 Å². The number of aryl methyl sites for hydroxylation is 2. The molecule has 3 aliphatic rings. The predicted molar refractivity (Wildman–Crippen MR) is 114 cm³/mol. The van der Waals surface area contributed by atoms with Gasteiger partial charge in [0.1, 0.15) is 0 Å².